The van der Waals surface area contributed by atoms with Gasteiger partial charge in [0.25, 0.3) is 11.1 Å². The van der Waals surface area contributed by atoms with Crippen LogP contribution in [-0.4, -0.2) is 41.8 Å². The molecule has 124 valence electrons. The minimum Gasteiger partial charge on any atom is -0.482 e. The lowest BCUT2D eigenvalue weighted by atomic mass is 10.2. The molecule has 7 heteroatoms. The van der Waals surface area contributed by atoms with E-state index < -0.39 is 11.9 Å². The van der Waals surface area contributed by atoms with Gasteiger partial charge in [-0.25, -0.2) is 4.79 Å². The van der Waals surface area contributed by atoms with E-state index in [4.69, 9.17) is 15.9 Å². The standard InChI is InChI=1S/C17H15NO5S/c1-3-9-18-16(20)14(24-17(18)21)10-12-5-7-13(8-6-12)23-11-15(19)22-4-2/h1,5-8,10H,4,9,11H2,2H3/b14-10+. The molecule has 1 saturated heterocycles. The Labute approximate surface area is 143 Å². The first kappa shape index (κ1) is 17.6. The van der Waals surface area contributed by atoms with Crippen LogP contribution in [0.2, 0.25) is 0 Å². The number of esters is 1. The second-order valence-corrected chi connectivity index (χ2v) is 5.63. The highest BCUT2D eigenvalue weighted by Crippen LogP contribution is 2.32. The largest absolute Gasteiger partial charge is 0.482 e. The van der Waals surface area contributed by atoms with Gasteiger partial charge in [-0.05, 0) is 42.5 Å². The van der Waals surface area contributed by atoms with Crippen molar-refractivity contribution in [1.82, 2.24) is 4.90 Å². The number of benzene rings is 1. The number of carbonyl (C=O) groups is 3. The summed E-state index contributed by atoms with van der Waals surface area (Å²) < 4.78 is 10.0. The summed E-state index contributed by atoms with van der Waals surface area (Å²) in [5.74, 6) is 1.95. The molecule has 24 heavy (non-hydrogen) atoms. The summed E-state index contributed by atoms with van der Waals surface area (Å²) in [6, 6.07) is 6.76. The zero-order valence-electron chi connectivity index (χ0n) is 13.0. The van der Waals surface area contributed by atoms with E-state index in [1.807, 2.05) is 0 Å². The summed E-state index contributed by atoms with van der Waals surface area (Å²) in [5, 5.41) is -0.376. The number of thioether (sulfide) groups is 1. The van der Waals surface area contributed by atoms with Crippen LogP contribution in [-0.2, 0) is 14.3 Å². The molecule has 0 bridgehead atoms. The van der Waals surface area contributed by atoms with Crippen LogP contribution in [0.3, 0.4) is 0 Å². The fourth-order valence-corrected chi connectivity index (χ4v) is 2.72. The lowest BCUT2D eigenvalue weighted by molar-refractivity contribution is -0.145. The molecule has 1 aliphatic rings. The van der Waals surface area contributed by atoms with Crippen LogP contribution in [0.1, 0.15) is 12.5 Å². The summed E-state index contributed by atoms with van der Waals surface area (Å²) >= 11 is 0.851. The van der Waals surface area contributed by atoms with Crippen molar-refractivity contribution in [3.8, 4) is 18.1 Å². The van der Waals surface area contributed by atoms with Gasteiger partial charge in [0.15, 0.2) is 6.61 Å². The Morgan fingerprint density at radius 3 is 2.67 bits per heavy atom. The Bertz CT molecular complexity index is 717. The molecule has 0 aromatic heterocycles. The van der Waals surface area contributed by atoms with Gasteiger partial charge in [0, 0.05) is 0 Å². The van der Waals surface area contributed by atoms with Gasteiger partial charge in [0.1, 0.15) is 5.75 Å². The van der Waals surface area contributed by atoms with E-state index in [-0.39, 0.29) is 18.4 Å². The first-order valence-electron chi connectivity index (χ1n) is 7.12. The third-order valence-corrected chi connectivity index (χ3v) is 3.87. The number of rotatable bonds is 6. The van der Waals surface area contributed by atoms with Crippen molar-refractivity contribution in [3.05, 3.63) is 34.7 Å². The van der Waals surface area contributed by atoms with Gasteiger partial charge in [-0.15, -0.1) is 6.42 Å². The smallest absolute Gasteiger partial charge is 0.344 e. The van der Waals surface area contributed by atoms with Crippen molar-refractivity contribution in [3.63, 3.8) is 0 Å². The van der Waals surface area contributed by atoms with Gasteiger partial charge >= 0.3 is 5.97 Å². The van der Waals surface area contributed by atoms with Crippen molar-refractivity contribution in [2.75, 3.05) is 19.8 Å². The lowest BCUT2D eigenvalue weighted by Gasteiger charge is -2.07. The summed E-state index contributed by atoms with van der Waals surface area (Å²) in [7, 11) is 0. The van der Waals surface area contributed by atoms with Crippen molar-refractivity contribution < 1.29 is 23.9 Å². The molecule has 0 saturated carbocycles. The number of carbonyl (C=O) groups excluding carboxylic acids is 3. The zero-order valence-corrected chi connectivity index (χ0v) is 13.8. The SMILES string of the molecule is C#CCN1C(=O)S/C(=C/c2ccc(OCC(=O)OCC)cc2)C1=O. The fraction of sp³-hybridized carbons (Fsp3) is 0.235. The van der Waals surface area contributed by atoms with E-state index in [0.717, 1.165) is 22.2 Å². The first-order valence-corrected chi connectivity index (χ1v) is 7.94. The number of terminal acetylenes is 1. The molecule has 6 nitrogen and oxygen atoms in total. The normalized spacial score (nSPS) is 15.5. The van der Waals surface area contributed by atoms with Crippen LogP contribution < -0.4 is 4.74 Å². The summed E-state index contributed by atoms with van der Waals surface area (Å²) in [6.07, 6.45) is 6.75. The maximum Gasteiger partial charge on any atom is 0.344 e. The second-order valence-electron chi connectivity index (χ2n) is 4.63. The predicted molar refractivity (Wildman–Crippen MR) is 90.1 cm³/mol. The summed E-state index contributed by atoms with van der Waals surface area (Å²) in [4.78, 5) is 36.3. The molecule has 0 atom stereocenters. The van der Waals surface area contributed by atoms with Crippen molar-refractivity contribution in [1.29, 1.82) is 0 Å². The van der Waals surface area contributed by atoms with E-state index in [2.05, 4.69) is 5.92 Å². The zero-order chi connectivity index (χ0) is 17.5. The third kappa shape index (κ3) is 4.40. The number of amides is 2. The van der Waals surface area contributed by atoms with Gasteiger partial charge in [-0.1, -0.05) is 18.1 Å². The molecule has 1 heterocycles. The molecular formula is C17H15NO5S. The highest BCUT2D eigenvalue weighted by atomic mass is 32.2. The molecule has 1 aliphatic heterocycles. The molecule has 1 fully saturated rings. The number of nitrogens with zero attached hydrogens (tertiary/aromatic N) is 1. The lowest BCUT2D eigenvalue weighted by Crippen LogP contribution is -2.28. The van der Waals surface area contributed by atoms with Crippen LogP contribution in [0, 0.1) is 12.3 Å². The van der Waals surface area contributed by atoms with Gasteiger partial charge < -0.3 is 9.47 Å². The number of imide groups is 1. The van der Waals surface area contributed by atoms with Crippen molar-refractivity contribution in [2.24, 2.45) is 0 Å². The van der Waals surface area contributed by atoms with E-state index in [9.17, 15) is 14.4 Å². The van der Waals surface area contributed by atoms with Crippen LogP contribution in [0.5, 0.6) is 5.75 Å². The average Bonchev–Trinajstić information content (AvgIpc) is 2.82. The molecule has 1 aromatic rings. The van der Waals surface area contributed by atoms with Crippen LogP contribution in [0.4, 0.5) is 4.79 Å². The minimum atomic E-state index is -0.441. The van der Waals surface area contributed by atoms with Crippen molar-refractivity contribution in [2.45, 2.75) is 6.92 Å². The molecular weight excluding hydrogens is 330 g/mol. The third-order valence-electron chi connectivity index (χ3n) is 2.96. The Morgan fingerprint density at radius 2 is 2.04 bits per heavy atom. The molecule has 0 N–H and O–H groups in total. The van der Waals surface area contributed by atoms with Gasteiger partial charge in [-0.2, -0.15) is 0 Å². The Kier molecular flexibility index (Phi) is 6.04. The molecule has 0 radical (unpaired) electrons. The number of ether oxygens (including phenoxy) is 2. The average molecular weight is 345 g/mol. The maximum absolute atomic E-state index is 12.1. The van der Waals surface area contributed by atoms with Gasteiger partial charge in [-0.3, -0.25) is 14.5 Å². The Morgan fingerprint density at radius 1 is 1.33 bits per heavy atom. The predicted octanol–water partition coefficient (Wildman–Crippen LogP) is 2.30. The van der Waals surface area contributed by atoms with Gasteiger partial charge in [0.2, 0.25) is 0 Å². The molecule has 2 amide bonds. The number of hydrogen-bond donors (Lipinski definition) is 0. The van der Waals surface area contributed by atoms with E-state index in [0.29, 0.717) is 17.3 Å². The van der Waals surface area contributed by atoms with Gasteiger partial charge in [0.05, 0.1) is 18.1 Å². The topological polar surface area (TPSA) is 72.9 Å². The van der Waals surface area contributed by atoms with Crippen LogP contribution in [0.15, 0.2) is 29.2 Å². The summed E-state index contributed by atoms with van der Waals surface area (Å²) in [6.45, 7) is 1.81. The monoisotopic (exact) mass is 345 g/mol. The fourth-order valence-electron chi connectivity index (χ4n) is 1.88. The highest BCUT2D eigenvalue weighted by molar-refractivity contribution is 8.18. The Hall–Kier alpha value is -2.72. The van der Waals surface area contributed by atoms with Crippen LogP contribution in [0.25, 0.3) is 6.08 Å². The molecule has 0 unspecified atom stereocenters. The van der Waals surface area contributed by atoms with E-state index in [1.165, 1.54) is 0 Å². The second kappa shape index (κ2) is 8.22. The minimum absolute atomic E-state index is 0.0390. The quantitative estimate of drug-likeness (QED) is 0.447. The number of hydrogen-bond acceptors (Lipinski definition) is 6. The van der Waals surface area contributed by atoms with Crippen LogP contribution >= 0.6 is 11.8 Å². The molecule has 0 aliphatic carbocycles. The van der Waals surface area contributed by atoms with Crippen molar-refractivity contribution >= 4 is 35.0 Å². The molecule has 0 spiro atoms. The first-order chi connectivity index (χ1) is 11.5. The van der Waals surface area contributed by atoms with E-state index >= 15 is 0 Å². The highest BCUT2D eigenvalue weighted by Gasteiger charge is 2.34. The molecule has 1 aromatic carbocycles. The summed E-state index contributed by atoms with van der Waals surface area (Å²) in [5.41, 5.74) is 0.727. The Balaban J connectivity index is 2.01. The maximum atomic E-state index is 12.1. The molecule has 2 rings (SSSR count). The van der Waals surface area contributed by atoms with E-state index in [1.54, 1.807) is 37.3 Å².